The van der Waals surface area contributed by atoms with Gasteiger partial charge in [0.05, 0.1) is 47.0 Å². The molecule has 3 amide bonds. The van der Waals surface area contributed by atoms with Crippen molar-refractivity contribution in [3.8, 4) is 22.9 Å². The first-order chi connectivity index (χ1) is 27.7. The average Bonchev–Trinajstić information content (AvgIpc) is 4.09. The second-order valence-corrected chi connectivity index (χ2v) is 19.8. The second kappa shape index (κ2) is 15.4. The van der Waals surface area contributed by atoms with Gasteiger partial charge in [-0.1, -0.05) is 32.9 Å². The topological polar surface area (TPSA) is 165 Å². The first kappa shape index (κ1) is 40.0. The Hall–Kier alpha value is -4.85. The zero-order valence-electron chi connectivity index (χ0n) is 33.6. The monoisotopic (exact) mass is 811 g/mol. The fourth-order valence-corrected chi connectivity index (χ4v) is 10.4. The number of nitrogens with one attached hydrogen (secondary N) is 1. The third-order valence-electron chi connectivity index (χ3n) is 12.8. The normalized spacial score (nSPS) is 24.8. The van der Waals surface area contributed by atoms with Crippen LogP contribution in [0.3, 0.4) is 0 Å². The fraction of sp³-hybridized carbons (Fsp3) is 0.545. The Bertz CT molecular complexity index is 2250. The van der Waals surface area contributed by atoms with Crippen LogP contribution in [0.25, 0.3) is 22.2 Å². The number of piperidine rings is 1. The second-order valence-electron chi connectivity index (χ2n) is 17.8. The number of likely N-dealkylation sites (tertiary alicyclic amines) is 2. The van der Waals surface area contributed by atoms with Crippen molar-refractivity contribution < 1.29 is 37.1 Å². The number of ether oxygens (including phenoxy) is 2. The summed E-state index contributed by atoms with van der Waals surface area (Å²) in [5, 5.41) is 0.287. The Morgan fingerprint density at radius 2 is 1.88 bits per heavy atom. The van der Waals surface area contributed by atoms with Crippen LogP contribution in [0.15, 0.2) is 55.3 Å². The van der Waals surface area contributed by atoms with Gasteiger partial charge >= 0.3 is 0 Å². The molecule has 4 fully saturated rings. The van der Waals surface area contributed by atoms with Crippen LogP contribution in [0.4, 0.5) is 0 Å². The third kappa shape index (κ3) is 7.83. The summed E-state index contributed by atoms with van der Waals surface area (Å²) in [4.78, 5) is 69.9. The Balaban J connectivity index is 1.11. The maximum atomic E-state index is 14.9. The highest BCUT2D eigenvalue weighted by Gasteiger charge is 2.61. The molecule has 2 aliphatic carbocycles. The van der Waals surface area contributed by atoms with Crippen molar-refractivity contribution in [2.45, 2.75) is 102 Å². The number of carbonyl (C=O) groups excluding carboxylic acids is 4. The summed E-state index contributed by atoms with van der Waals surface area (Å²) in [7, 11) is -3.86. The number of hydrogen-bond acceptors (Lipinski definition) is 10. The number of sulfonamides is 1. The van der Waals surface area contributed by atoms with Gasteiger partial charge in [0.15, 0.2) is 5.78 Å². The number of Topliss-reactive ketones (excluding diaryl/α,β-unsaturated/α-hetero) is 1. The highest BCUT2D eigenvalue weighted by Crippen LogP contribution is 2.57. The summed E-state index contributed by atoms with van der Waals surface area (Å²) >= 11 is 0. The number of ketones is 1. The number of fused-ring (bicyclic) bond motifs is 3. The molecule has 0 spiro atoms. The summed E-state index contributed by atoms with van der Waals surface area (Å²) in [6, 6.07) is 10.4. The summed E-state index contributed by atoms with van der Waals surface area (Å²) in [6.07, 6.45) is 7.34. The summed E-state index contributed by atoms with van der Waals surface area (Å²) < 4.78 is 40.5. The number of hydrogen-bond donors (Lipinski definition) is 1. The van der Waals surface area contributed by atoms with E-state index in [1.807, 2.05) is 62.1 Å². The molecule has 1 N–H and O–H groups in total. The van der Waals surface area contributed by atoms with Crippen LogP contribution in [0.5, 0.6) is 11.6 Å². The predicted molar refractivity (Wildman–Crippen MR) is 217 cm³/mol. The van der Waals surface area contributed by atoms with E-state index >= 15 is 0 Å². The Kier molecular flexibility index (Phi) is 10.6. The molecule has 1 aromatic carbocycles. The zero-order valence-corrected chi connectivity index (χ0v) is 34.4. The number of carbonyl (C=O) groups is 4. The molecule has 2 saturated heterocycles. The lowest BCUT2D eigenvalue weighted by atomic mass is 9.77. The fourth-order valence-electron chi connectivity index (χ4n) is 9.06. The maximum absolute atomic E-state index is 14.9. The first-order valence-corrected chi connectivity index (χ1v) is 22.2. The lowest BCUT2D eigenvalue weighted by Crippen LogP contribution is -2.49. The highest BCUT2D eigenvalue weighted by molar-refractivity contribution is 7.90. The van der Waals surface area contributed by atoms with Crippen LogP contribution in [-0.4, -0.2) is 95.3 Å². The molecule has 3 aliphatic heterocycles. The van der Waals surface area contributed by atoms with Gasteiger partial charge in [-0.25, -0.2) is 13.4 Å². The van der Waals surface area contributed by atoms with Crippen LogP contribution in [0, 0.1) is 22.7 Å². The lowest BCUT2D eigenvalue weighted by molar-refractivity contribution is -0.148. The van der Waals surface area contributed by atoms with Crippen molar-refractivity contribution >= 4 is 44.4 Å². The van der Waals surface area contributed by atoms with E-state index in [0.29, 0.717) is 44.8 Å². The Morgan fingerprint density at radius 3 is 2.55 bits per heavy atom. The lowest BCUT2D eigenvalue weighted by Gasteiger charge is -2.36. The third-order valence-corrected chi connectivity index (χ3v) is 14.6. The quantitative estimate of drug-likeness (QED) is 0.221. The molecule has 3 aromatic rings. The highest BCUT2D eigenvalue weighted by atomic mass is 32.2. The minimum atomic E-state index is -3.86. The van der Waals surface area contributed by atoms with Gasteiger partial charge in [0, 0.05) is 67.5 Å². The van der Waals surface area contributed by atoms with Gasteiger partial charge in [-0.05, 0) is 74.1 Å². The number of allylic oxidation sites excluding steroid dienone is 1. The molecule has 5 heterocycles. The average molecular weight is 812 g/mol. The van der Waals surface area contributed by atoms with Crippen LogP contribution < -0.4 is 14.2 Å². The largest absolute Gasteiger partial charge is 0.493 e. The van der Waals surface area contributed by atoms with Crippen molar-refractivity contribution in [1.29, 1.82) is 0 Å². The summed E-state index contributed by atoms with van der Waals surface area (Å²) in [6.45, 7) is 11.6. The van der Waals surface area contributed by atoms with E-state index in [1.54, 1.807) is 12.3 Å². The van der Waals surface area contributed by atoms with Gasteiger partial charge in [-0.2, -0.15) is 0 Å². The first-order valence-electron chi connectivity index (χ1n) is 20.7. The maximum Gasteiger partial charge on any atom is 0.240 e. The van der Waals surface area contributed by atoms with Crippen LogP contribution in [0.2, 0.25) is 0 Å². The molecule has 2 saturated carbocycles. The summed E-state index contributed by atoms with van der Waals surface area (Å²) in [5.41, 5.74) is 1.33. The van der Waals surface area contributed by atoms with Gasteiger partial charge in [0.2, 0.25) is 33.6 Å². The van der Waals surface area contributed by atoms with Gasteiger partial charge in [-0.15, -0.1) is 6.58 Å². The minimum Gasteiger partial charge on any atom is -0.493 e. The molecule has 5 atom stereocenters. The van der Waals surface area contributed by atoms with Crippen LogP contribution >= 0.6 is 0 Å². The molecular formula is C44H53N5O8S. The number of aromatic nitrogens is 2. The van der Waals surface area contributed by atoms with Crippen molar-refractivity contribution in [3.05, 3.63) is 60.8 Å². The van der Waals surface area contributed by atoms with Crippen molar-refractivity contribution in [2.75, 3.05) is 26.2 Å². The van der Waals surface area contributed by atoms with Crippen molar-refractivity contribution in [1.82, 2.24) is 24.5 Å². The predicted octanol–water partition coefficient (Wildman–Crippen LogP) is 5.40. The molecule has 58 heavy (non-hydrogen) atoms. The smallest absolute Gasteiger partial charge is 0.240 e. The number of benzene rings is 1. The molecule has 8 rings (SSSR count). The molecule has 0 unspecified atom stereocenters. The number of amides is 3. The number of pyridine rings is 2. The molecular weight excluding hydrogens is 759 g/mol. The Labute approximate surface area is 340 Å². The molecule has 5 aliphatic rings. The Morgan fingerprint density at radius 1 is 1.10 bits per heavy atom. The molecule has 2 aromatic heterocycles. The van der Waals surface area contributed by atoms with E-state index < -0.39 is 56.0 Å². The minimum absolute atomic E-state index is 0.00201. The van der Waals surface area contributed by atoms with E-state index in [0.717, 1.165) is 52.7 Å². The standard InChI is InChI=1S/C44H53N5O8S/c1-5-27-24-44(27,42(53)47-58(54,55)29-12-13-29)25-36(50)35-21-28(26-49(35)41(52)33(43(2,3)4)23-39(51)48-18-9-6-10-19-48)57-38-22-32(34-11-7-8-17-45-34)30-14-15-37-31(16-20-56-37)40(30)46-38/h5,7-8,11,14-15,17,22,27-29,33,35H,1,6,9-10,12-13,16,18-21,23-26H2,2-4H3,(H,47,53)/t27-,28-,33-,35+,44-/m1/s1. The summed E-state index contributed by atoms with van der Waals surface area (Å²) in [5.74, 6) is -1.55. The van der Waals surface area contributed by atoms with E-state index in [-0.39, 0.29) is 49.8 Å². The van der Waals surface area contributed by atoms with Gasteiger partial charge in [0.1, 0.15) is 11.9 Å². The van der Waals surface area contributed by atoms with E-state index in [9.17, 15) is 27.6 Å². The van der Waals surface area contributed by atoms with Crippen molar-refractivity contribution in [3.63, 3.8) is 0 Å². The molecule has 0 bridgehead atoms. The number of nitrogens with zero attached hydrogens (tertiary/aromatic N) is 4. The van der Waals surface area contributed by atoms with E-state index in [4.69, 9.17) is 14.5 Å². The molecule has 14 heteroatoms. The van der Waals surface area contributed by atoms with Gasteiger partial charge in [-0.3, -0.25) is 28.9 Å². The van der Waals surface area contributed by atoms with Crippen LogP contribution in [-0.2, 0) is 35.6 Å². The van der Waals surface area contributed by atoms with Crippen LogP contribution in [0.1, 0.15) is 84.1 Å². The zero-order chi connectivity index (χ0) is 41.0. The number of rotatable bonds is 13. The molecule has 13 nitrogen and oxygen atoms in total. The van der Waals surface area contributed by atoms with Gasteiger partial charge in [0.25, 0.3) is 0 Å². The van der Waals surface area contributed by atoms with E-state index in [2.05, 4.69) is 16.3 Å². The van der Waals surface area contributed by atoms with Gasteiger partial charge < -0.3 is 19.3 Å². The SMILES string of the molecule is C=C[C@@H]1C[C@]1(CC(=O)[C@@H]1C[C@@H](Oc2cc(-c3ccccn3)c3ccc4c(c3n2)CCO4)CN1C(=O)[C@@H](CC(=O)N1CCCCC1)C(C)(C)C)C(=O)NS(=O)(=O)C1CC1. The molecule has 0 radical (unpaired) electrons. The van der Waals surface area contributed by atoms with Crippen molar-refractivity contribution in [2.24, 2.45) is 22.7 Å². The van der Waals surface area contributed by atoms with E-state index in [1.165, 1.54) is 4.90 Å². The molecule has 308 valence electrons.